The van der Waals surface area contributed by atoms with Crippen LogP contribution in [0.3, 0.4) is 0 Å². The lowest BCUT2D eigenvalue weighted by atomic mass is 10.1. The summed E-state index contributed by atoms with van der Waals surface area (Å²) in [4.78, 5) is 12.7. The summed E-state index contributed by atoms with van der Waals surface area (Å²) in [5.74, 6) is 1.48. The average molecular weight is 302 g/mol. The molecule has 0 bridgehead atoms. The number of rotatable bonds is 3. The predicted molar refractivity (Wildman–Crippen MR) is 78.7 cm³/mol. The molecule has 21 heavy (non-hydrogen) atoms. The van der Waals surface area contributed by atoms with Crippen molar-refractivity contribution in [2.75, 3.05) is 7.11 Å². The fraction of sp³-hybridized carbons (Fsp3) is 0.143. The van der Waals surface area contributed by atoms with E-state index in [1.807, 2.05) is 25.1 Å². The Morgan fingerprint density at radius 2 is 2.05 bits per heavy atom. The van der Waals surface area contributed by atoms with E-state index in [1.165, 1.54) is 4.68 Å². The third-order valence-corrected chi connectivity index (χ3v) is 3.07. The molecule has 3 rings (SSSR count). The molecule has 0 amide bonds. The zero-order valence-corrected chi connectivity index (χ0v) is 12.2. The van der Waals surface area contributed by atoms with E-state index < -0.39 is 0 Å². The summed E-state index contributed by atoms with van der Waals surface area (Å²) in [6.07, 6.45) is 3.38. The molecule has 2 aromatic heterocycles. The molecule has 0 N–H and O–H groups in total. The maximum absolute atomic E-state index is 6.01. The van der Waals surface area contributed by atoms with Crippen molar-refractivity contribution in [3.05, 3.63) is 47.5 Å². The number of nitrogens with zero attached hydrogens (tertiary/aromatic N) is 5. The van der Waals surface area contributed by atoms with Gasteiger partial charge in [0.15, 0.2) is 5.82 Å². The van der Waals surface area contributed by atoms with Crippen molar-refractivity contribution in [3.8, 4) is 23.1 Å². The first kappa shape index (κ1) is 13.5. The van der Waals surface area contributed by atoms with Crippen LogP contribution < -0.4 is 4.74 Å². The quantitative estimate of drug-likeness (QED) is 0.744. The van der Waals surface area contributed by atoms with Crippen LogP contribution in [0.15, 0.2) is 36.7 Å². The number of hydrogen-bond acceptors (Lipinski definition) is 5. The van der Waals surface area contributed by atoms with Gasteiger partial charge in [-0.05, 0) is 36.7 Å². The van der Waals surface area contributed by atoms with E-state index in [1.54, 1.807) is 25.6 Å². The van der Waals surface area contributed by atoms with Gasteiger partial charge in [-0.25, -0.2) is 4.68 Å². The summed E-state index contributed by atoms with van der Waals surface area (Å²) < 4.78 is 6.89. The van der Waals surface area contributed by atoms with E-state index in [0.29, 0.717) is 17.5 Å². The van der Waals surface area contributed by atoms with Crippen molar-refractivity contribution in [1.82, 2.24) is 24.7 Å². The Kier molecular flexibility index (Phi) is 3.53. The Morgan fingerprint density at radius 1 is 1.19 bits per heavy atom. The maximum Gasteiger partial charge on any atom is 0.255 e. The van der Waals surface area contributed by atoms with E-state index in [4.69, 9.17) is 16.3 Å². The lowest BCUT2D eigenvalue weighted by Gasteiger charge is -2.09. The topological polar surface area (TPSA) is 65.7 Å². The first-order valence-electron chi connectivity index (χ1n) is 6.24. The van der Waals surface area contributed by atoms with Crippen molar-refractivity contribution in [2.45, 2.75) is 6.92 Å². The molecule has 0 fully saturated rings. The SMILES string of the molecule is COc1ccc(C)cc1-c1nc(Cl)nc(-n2cccn2)n1. The summed E-state index contributed by atoms with van der Waals surface area (Å²) >= 11 is 6.01. The Bertz CT molecular complexity index is 773. The van der Waals surface area contributed by atoms with Crippen LogP contribution in [0.1, 0.15) is 5.56 Å². The molecule has 2 heterocycles. The molecule has 0 saturated heterocycles. The molecule has 3 aromatic rings. The number of benzene rings is 1. The first-order valence-corrected chi connectivity index (χ1v) is 6.62. The van der Waals surface area contributed by atoms with E-state index >= 15 is 0 Å². The number of methoxy groups -OCH3 is 1. The standard InChI is InChI=1S/C14H12ClN5O/c1-9-4-5-11(21-2)10(8-9)12-17-13(15)19-14(18-12)20-7-3-6-16-20/h3-8H,1-2H3. The second kappa shape index (κ2) is 5.49. The van der Waals surface area contributed by atoms with Gasteiger partial charge in [0.25, 0.3) is 5.95 Å². The highest BCUT2D eigenvalue weighted by Gasteiger charge is 2.13. The van der Waals surface area contributed by atoms with Crippen molar-refractivity contribution in [3.63, 3.8) is 0 Å². The highest BCUT2D eigenvalue weighted by atomic mass is 35.5. The molecule has 7 heteroatoms. The van der Waals surface area contributed by atoms with Crippen molar-refractivity contribution in [1.29, 1.82) is 0 Å². The molecule has 106 valence electrons. The fourth-order valence-corrected chi connectivity index (χ4v) is 2.10. The molecule has 0 radical (unpaired) electrons. The Morgan fingerprint density at radius 3 is 2.76 bits per heavy atom. The minimum atomic E-state index is 0.106. The molecule has 0 aliphatic rings. The minimum Gasteiger partial charge on any atom is -0.496 e. The zero-order valence-electron chi connectivity index (χ0n) is 11.5. The van der Waals surface area contributed by atoms with Gasteiger partial charge in [0.2, 0.25) is 5.28 Å². The van der Waals surface area contributed by atoms with E-state index in [2.05, 4.69) is 20.1 Å². The van der Waals surface area contributed by atoms with Gasteiger partial charge in [-0.15, -0.1) is 0 Å². The summed E-state index contributed by atoms with van der Waals surface area (Å²) in [5, 5.41) is 4.20. The average Bonchev–Trinajstić information content (AvgIpc) is 3.01. The fourth-order valence-electron chi connectivity index (χ4n) is 1.95. The van der Waals surface area contributed by atoms with Crippen LogP contribution in [-0.4, -0.2) is 31.8 Å². The largest absolute Gasteiger partial charge is 0.496 e. The molecule has 1 aromatic carbocycles. The lowest BCUT2D eigenvalue weighted by molar-refractivity contribution is 0.416. The Hall–Kier alpha value is -2.47. The molecule has 0 spiro atoms. The summed E-state index contributed by atoms with van der Waals surface area (Å²) in [6.45, 7) is 1.99. The lowest BCUT2D eigenvalue weighted by Crippen LogP contribution is -2.05. The van der Waals surface area contributed by atoms with E-state index in [9.17, 15) is 0 Å². The number of ether oxygens (including phenoxy) is 1. The second-order valence-electron chi connectivity index (χ2n) is 4.38. The van der Waals surface area contributed by atoms with Gasteiger partial charge in [0, 0.05) is 12.4 Å². The highest BCUT2D eigenvalue weighted by molar-refractivity contribution is 6.28. The van der Waals surface area contributed by atoms with Crippen molar-refractivity contribution in [2.24, 2.45) is 0 Å². The van der Waals surface area contributed by atoms with Crippen LogP contribution in [0.4, 0.5) is 0 Å². The maximum atomic E-state index is 6.01. The van der Waals surface area contributed by atoms with Crippen molar-refractivity contribution >= 4 is 11.6 Å². The third kappa shape index (κ3) is 2.71. The van der Waals surface area contributed by atoms with Gasteiger partial charge in [0.1, 0.15) is 5.75 Å². The van der Waals surface area contributed by atoms with Gasteiger partial charge >= 0.3 is 0 Å². The summed E-state index contributed by atoms with van der Waals surface area (Å²) in [6, 6.07) is 7.55. The van der Waals surface area contributed by atoms with Crippen LogP contribution >= 0.6 is 11.6 Å². The van der Waals surface area contributed by atoms with Gasteiger partial charge in [-0.1, -0.05) is 11.6 Å². The van der Waals surface area contributed by atoms with Crippen LogP contribution in [-0.2, 0) is 0 Å². The smallest absolute Gasteiger partial charge is 0.255 e. The number of aromatic nitrogens is 5. The van der Waals surface area contributed by atoms with Gasteiger partial charge < -0.3 is 4.74 Å². The van der Waals surface area contributed by atoms with Gasteiger partial charge in [0.05, 0.1) is 12.7 Å². The molecular formula is C14H12ClN5O. The van der Waals surface area contributed by atoms with E-state index in [-0.39, 0.29) is 5.28 Å². The molecule has 0 saturated carbocycles. The first-order chi connectivity index (χ1) is 10.2. The Balaban J connectivity index is 2.17. The molecular weight excluding hydrogens is 290 g/mol. The molecule has 6 nitrogen and oxygen atoms in total. The number of halogens is 1. The summed E-state index contributed by atoms with van der Waals surface area (Å²) in [5.41, 5.74) is 1.83. The molecule has 0 aliphatic heterocycles. The second-order valence-corrected chi connectivity index (χ2v) is 4.72. The summed E-state index contributed by atoms with van der Waals surface area (Å²) in [7, 11) is 1.60. The van der Waals surface area contributed by atoms with Crippen LogP contribution in [0.5, 0.6) is 5.75 Å². The van der Waals surface area contributed by atoms with Crippen LogP contribution in [0.25, 0.3) is 17.3 Å². The molecule has 0 unspecified atom stereocenters. The van der Waals surface area contributed by atoms with Crippen LogP contribution in [0.2, 0.25) is 5.28 Å². The number of aryl methyl sites for hydroxylation is 1. The highest BCUT2D eigenvalue weighted by Crippen LogP contribution is 2.29. The minimum absolute atomic E-state index is 0.106. The Labute approximate surface area is 126 Å². The normalized spacial score (nSPS) is 10.6. The molecule has 0 aliphatic carbocycles. The predicted octanol–water partition coefficient (Wildman–Crippen LogP) is 2.69. The van der Waals surface area contributed by atoms with Crippen LogP contribution in [0, 0.1) is 6.92 Å². The monoisotopic (exact) mass is 301 g/mol. The molecule has 0 atom stereocenters. The zero-order chi connectivity index (χ0) is 14.8. The third-order valence-electron chi connectivity index (χ3n) is 2.90. The van der Waals surface area contributed by atoms with E-state index in [0.717, 1.165) is 11.1 Å². The van der Waals surface area contributed by atoms with Gasteiger partial charge in [-0.2, -0.15) is 20.1 Å². The number of hydrogen-bond donors (Lipinski definition) is 0. The van der Waals surface area contributed by atoms with Gasteiger partial charge in [-0.3, -0.25) is 0 Å². The van der Waals surface area contributed by atoms with Crippen molar-refractivity contribution < 1.29 is 4.74 Å².